The third kappa shape index (κ3) is 10.6. The zero-order valence-electron chi connectivity index (χ0n) is 16.5. The second-order valence-corrected chi connectivity index (χ2v) is 8.96. The van der Waals surface area contributed by atoms with E-state index < -0.39 is 5.97 Å². The molecule has 0 radical (unpaired) electrons. The number of hydrogen-bond acceptors (Lipinski definition) is 4. The molecule has 0 saturated heterocycles. The predicted molar refractivity (Wildman–Crippen MR) is 109 cm³/mol. The first-order valence-electron chi connectivity index (χ1n) is 10.6. The van der Waals surface area contributed by atoms with Crippen LogP contribution in [0.2, 0.25) is 0 Å². The number of aliphatic carboxylic acids is 1. The van der Waals surface area contributed by atoms with Crippen molar-refractivity contribution in [1.29, 1.82) is 0 Å². The summed E-state index contributed by atoms with van der Waals surface area (Å²) < 4.78 is 0. The van der Waals surface area contributed by atoms with E-state index in [1.807, 2.05) is 0 Å². The van der Waals surface area contributed by atoms with Crippen LogP contribution in [0.15, 0.2) is 0 Å². The normalized spacial score (nSPS) is 21.2. The van der Waals surface area contributed by atoms with Crippen molar-refractivity contribution in [2.24, 2.45) is 5.92 Å². The lowest BCUT2D eigenvalue weighted by Crippen LogP contribution is -2.20. The van der Waals surface area contributed by atoms with E-state index in [0.29, 0.717) is 17.5 Å². The molecule has 1 aliphatic rings. The number of carbonyl (C=O) groups is 2. The zero-order chi connectivity index (χ0) is 19.2. The maximum absolute atomic E-state index is 12.2. The first-order chi connectivity index (χ1) is 12.5. The van der Waals surface area contributed by atoms with Crippen LogP contribution in [0.25, 0.3) is 0 Å². The number of aliphatic hydroxyl groups is 1. The van der Waals surface area contributed by atoms with Crippen LogP contribution in [0.5, 0.6) is 0 Å². The summed E-state index contributed by atoms with van der Waals surface area (Å²) in [4.78, 5) is 22.7. The van der Waals surface area contributed by atoms with Crippen LogP contribution in [0.4, 0.5) is 0 Å². The Bertz CT molecular complexity index is 399. The first-order valence-corrected chi connectivity index (χ1v) is 11.6. The number of carbonyl (C=O) groups excluding carboxylic acids is 1. The summed E-state index contributed by atoms with van der Waals surface area (Å²) in [6, 6.07) is 0. The van der Waals surface area contributed by atoms with Gasteiger partial charge in [-0.25, -0.2) is 0 Å². The summed E-state index contributed by atoms with van der Waals surface area (Å²) in [5.41, 5.74) is 0. The molecule has 152 valence electrons. The highest BCUT2D eigenvalue weighted by molar-refractivity contribution is 8.00. The molecule has 2 N–H and O–H groups in total. The van der Waals surface area contributed by atoms with Crippen molar-refractivity contribution in [2.75, 3.05) is 5.75 Å². The van der Waals surface area contributed by atoms with Gasteiger partial charge in [-0.1, -0.05) is 58.3 Å². The van der Waals surface area contributed by atoms with E-state index in [2.05, 4.69) is 6.92 Å². The van der Waals surface area contributed by atoms with Crippen LogP contribution >= 0.6 is 11.8 Å². The van der Waals surface area contributed by atoms with E-state index in [9.17, 15) is 14.7 Å². The van der Waals surface area contributed by atoms with Gasteiger partial charge in [-0.2, -0.15) is 11.8 Å². The Morgan fingerprint density at radius 1 is 1.12 bits per heavy atom. The third-order valence-corrected chi connectivity index (χ3v) is 6.91. The number of ketones is 1. The Labute approximate surface area is 163 Å². The number of thioether (sulfide) groups is 1. The summed E-state index contributed by atoms with van der Waals surface area (Å²) in [7, 11) is 0. The van der Waals surface area contributed by atoms with Crippen molar-refractivity contribution in [3.05, 3.63) is 0 Å². The van der Waals surface area contributed by atoms with Crippen molar-refractivity contribution in [3.8, 4) is 0 Å². The lowest BCUT2D eigenvalue weighted by atomic mass is 9.98. The van der Waals surface area contributed by atoms with Crippen LogP contribution in [-0.4, -0.2) is 39.1 Å². The quantitative estimate of drug-likeness (QED) is 0.356. The van der Waals surface area contributed by atoms with Gasteiger partial charge in [0, 0.05) is 29.8 Å². The van der Waals surface area contributed by atoms with Gasteiger partial charge in [0.15, 0.2) is 0 Å². The molecule has 1 rings (SSSR count). The van der Waals surface area contributed by atoms with Crippen LogP contribution < -0.4 is 0 Å². The molecule has 0 aliphatic heterocycles. The highest BCUT2D eigenvalue weighted by atomic mass is 32.2. The highest BCUT2D eigenvalue weighted by Crippen LogP contribution is 2.36. The first kappa shape index (κ1) is 23.5. The topological polar surface area (TPSA) is 74.6 Å². The molecule has 0 aromatic heterocycles. The lowest BCUT2D eigenvalue weighted by Gasteiger charge is -2.19. The van der Waals surface area contributed by atoms with E-state index in [-0.39, 0.29) is 18.4 Å². The molecular formula is C21H38O4S. The standard InChI is InChI=1S/C21H38O4S/c1-2-3-4-5-8-11-17(22)16-26-20-15-14-19(23)18(20)12-9-6-7-10-13-21(24)25/h17-18,20,22H,2-16H2,1H3,(H,24,25). The number of hydrogen-bond donors (Lipinski definition) is 2. The summed E-state index contributed by atoms with van der Waals surface area (Å²) in [6.45, 7) is 2.21. The molecule has 3 atom stereocenters. The van der Waals surface area contributed by atoms with E-state index in [0.717, 1.165) is 57.1 Å². The molecule has 0 amide bonds. The number of aliphatic hydroxyl groups excluding tert-OH is 1. The average molecular weight is 387 g/mol. The van der Waals surface area contributed by atoms with Gasteiger partial charge in [0.25, 0.3) is 0 Å². The summed E-state index contributed by atoms with van der Waals surface area (Å²) in [6.07, 6.45) is 13.2. The van der Waals surface area contributed by atoms with Crippen LogP contribution in [0.3, 0.4) is 0 Å². The minimum Gasteiger partial charge on any atom is -0.481 e. The van der Waals surface area contributed by atoms with Crippen LogP contribution in [0.1, 0.15) is 96.8 Å². The maximum atomic E-state index is 12.2. The van der Waals surface area contributed by atoms with Gasteiger partial charge < -0.3 is 10.2 Å². The molecule has 3 unspecified atom stereocenters. The van der Waals surface area contributed by atoms with E-state index in [1.165, 1.54) is 25.7 Å². The summed E-state index contributed by atoms with van der Waals surface area (Å²) in [5.74, 6) is 0.565. The van der Waals surface area contributed by atoms with E-state index >= 15 is 0 Å². The van der Waals surface area contributed by atoms with Gasteiger partial charge in [-0.15, -0.1) is 0 Å². The lowest BCUT2D eigenvalue weighted by molar-refractivity contribution is -0.137. The van der Waals surface area contributed by atoms with Gasteiger partial charge in [-0.3, -0.25) is 9.59 Å². The highest BCUT2D eigenvalue weighted by Gasteiger charge is 2.34. The average Bonchev–Trinajstić information content (AvgIpc) is 2.95. The number of carboxylic acids is 1. The molecule has 5 heteroatoms. The fourth-order valence-corrected chi connectivity index (χ4v) is 5.16. The minimum atomic E-state index is -0.726. The zero-order valence-corrected chi connectivity index (χ0v) is 17.3. The second kappa shape index (κ2) is 14.5. The van der Waals surface area contributed by atoms with Crippen molar-refractivity contribution in [3.63, 3.8) is 0 Å². The summed E-state index contributed by atoms with van der Waals surface area (Å²) in [5, 5.41) is 19.2. The molecule has 0 bridgehead atoms. The van der Waals surface area contributed by atoms with Gasteiger partial charge in [-0.05, 0) is 25.7 Å². The Balaban J connectivity index is 2.15. The van der Waals surface area contributed by atoms with Gasteiger partial charge in [0.2, 0.25) is 0 Å². The number of carboxylic acid groups (broad SMARTS) is 1. The van der Waals surface area contributed by atoms with E-state index in [1.54, 1.807) is 11.8 Å². The molecular weight excluding hydrogens is 348 g/mol. The molecule has 26 heavy (non-hydrogen) atoms. The van der Waals surface area contributed by atoms with Gasteiger partial charge in [0.1, 0.15) is 5.78 Å². The molecule has 1 aliphatic carbocycles. The fourth-order valence-electron chi connectivity index (χ4n) is 3.72. The SMILES string of the molecule is CCCCCCCC(O)CSC1CCC(=O)C1CCCCCCC(=O)O. The Morgan fingerprint density at radius 2 is 1.81 bits per heavy atom. The van der Waals surface area contributed by atoms with Crippen molar-refractivity contribution < 1.29 is 19.8 Å². The molecule has 1 saturated carbocycles. The smallest absolute Gasteiger partial charge is 0.303 e. The monoisotopic (exact) mass is 386 g/mol. The number of Topliss-reactive ketones (excluding diaryl/α,β-unsaturated/α-hetero) is 1. The summed E-state index contributed by atoms with van der Waals surface area (Å²) >= 11 is 1.80. The largest absolute Gasteiger partial charge is 0.481 e. The Hall–Kier alpha value is -0.550. The molecule has 4 nitrogen and oxygen atoms in total. The Morgan fingerprint density at radius 3 is 2.54 bits per heavy atom. The maximum Gasteiger partial charge on any atom is 0.303 e. The molecule has 0 aromatic carbocycles. The predicted octanol–water partition coefficient (Wildman–Crippen LogP) is 5.21. The minimum absolute atomic E-state index is 0.149. The number of unbranched alkanes of at least 4 members (excludes halogenated alkanes) is 7. The molecule has 0 heterocycles. The van der Waals surface area contributed by atoms with Crippen molar-refractivity contribution in [2.45, 2.75) is 108 Å². The molecule has 0 aromatic rings. The van der Waals surface area contributed by atoms with Gasteiger partial charge >= 0.3 is 5.97 Å². The van der Waals surface area contributed by atoms with Crippen molar-refractivity contribution >= 4 is 23.5 Å². The Kier molecular flexibility index (Phi) is 13.1. The van der Waals surface area contributed by atoms with Gasteiger partial charge in [0.05, 0.1) is 6.10 Å². The molecule has 1 fully saturated rings. The number of rotatable bonds is 16. The van der Waals surface area contributed by atoms with E-state index in [4.69, 9.17) is 5.11 Å². The second-order valence-electron chi connectivity index (χ2n) is 7.69. The van der Waals surface area contributed by atoms with Crippen LogP contribution in [0, 0.1) is 5.92 Å². The third-order valence-electron chi connectivity index (χ3n) is 5.34. The fraction of sp³-hybridized carbons (Fsp3) is 0.905. The molecule has 0 spiro atoms. The van der Waals surface area contributed by atoms with Crippen LogP contribution in [-0.2, 0) is 9.59 Å². The van der Waals surface area contributed by atoms with Crippen molar-refractivity contribution in [1.82, 2.24) is 0 Å².